The minimum absolute atomic E-state index is 0. The molecule has 0 aliphatic heterocycles. The number of benzene rings is 1. The Bertz CT molecular complexity index is 806. The number of ether oxygens (including phenoxy) is 2. The van der Waals surface area contributed by atoms with E-state index in [4.69, 9.17) is 9.47 Å². The van der Waals surface area contributed by atoms with Crippen molar-refractivity contribution in [3.05, 3.63) is 39.3 Å². The molecule has 9 heteroatoms. The van der Waals surface area contributed by atoms with Gasteiger partial charge in [0.25, 0.3) is 0 Å². The summed E-state index contributed by atoms with van der Waals surface area (Å²) < 4.78 is 10.8. The molecule has 0 amide bonds. The lowest BCUT2D eigenvalue weighted by Gasteiger charge is -2.26. The molecule has 30 heavy (non-hydrogen) atoms. The molecule has 0 saturated heterocycles. The van der Waals surface area contributed by atoms with Crippen molar-refractivity contribution in [1.82, 2.24) is 20.5 Å². The summed E-state index contributed by atoms with van der Waals surface area (Å²) in [5, 5.41) is 7.95. The SMILES string of the molecule is CN=C(NCCc1nc(C)c(C)s1)NCC(c1ccc(OC)c(OC)c1)N(C)C.I. The van der Waals surface area contributed by atoms with Crippen LogP contribution in [0.4, 0.5) is 0 Å². The number of rotatable bonds is 9. The van der Waals surface area contributed by atoms with Gasteiger partial charge < -0.3 is 25.0 Å². The van der Waals surface area contributed by atoms with Gasteiger partial charge in [-0.2, -0.15) is 0 Å². The third-order valence-electron chi connectivity index (χ3n) is 4.81. The number of hydrogen-bond acceptors (Lipinski definition) is 6. The van der Waals surface area contributed by atoms with E-state index in [2.05, 4.69) is 59.5 Å². The van der Waals surface area contributed by atoms with Gasteiger partial charge in [0, 0.05) is 31.4 Å². The highest BCUT2D eigenvalue weighted by atomic mass is 127. The average molecular weight is 548 g/mol. The monoisotopic (exact) mass is 547 g/mol. The van der Waals surface area contributed by atoms with Crippen LogP contribution < -0.4 is 20.1 Å². The summed E-state index contributed by atoms with van der Waals surface area (Å²) in [6, 6.07) is 6.18. The van der Waals surface area contributed by atoms with Crippen LogP contribution in [0.2, 0.25) is 0 Å². The van der Waals surface area contributed by atoms with Crippen molar-refractivity contribution in [1.29, 1.82) is 0 Å². The highest BCUT2D eigenvalue weighted by Gasteiger charge is 2.17. The van der Waals surface area contributed by atoms with E-state index in [0.717, 1.165) is 46.7 Å². The van der Waals surface area contributed by atoms with Crippen LogP contribution in [0.3, 0.4) is 0 Å². The van der Waals surface area contributed by atoms with Crippen LogP contribution >= 0.6 is 35.3 Å². The first-order valence-corrected chi connectivity index (χ1v) is 10.5. The number of aromatic nitrogens is 1. The molecule has 0 aliphatic rings. The van der Waals surface area contributed by atoms with E-state index in [1.54, 1.807) is 32.6 Å². The third kappa shape index (κ3) is 7.28. The van der Waals surface area contributed by atoms with Crippen molar-refractivity contribution >= 4 is 41.3 Å². The van der Waals surface area contributed by atoms with E-state index in [-0.39, 0.29) is 30.0 Å². The Morgan fingerprint density at radius 3 is 2.40 bits per heavy atom. The van der Waals surface area contributed by atoms with Crippen molar-refractivity contribution in [2.24, 2.45) is 4.99 Å². The van der Waals surface area contributed by atoms with E-state index in [1.165, 1.54) is 4.88 Å². The minimum Gasteiger partial charge on any atom is -0.493 e. The van der Waals surface area contributed by atoms with Gasteiger partial charge >= 0.3 is 0 Å². The predicted molar refractivity (Wildman–Crippen MR) is 136 cm³/mol. The smallest absolute Gasteiger partial charge is 0.191 e. The van der Waals surface area contributed by atoms with Gasteiger partial charge in [0.1, 0.15) is 0 Å². The van der Waals surface area contributed by atoms with Gasteiger partial charge in [-0.05, 0) is 45.6 Å². The topological polar surface area (TPSA) is 71.0 Å². The number of thiazole rings is 1. The standard InChI is InChI=1S/C21H33N5O2S.HI/c1-14-15(2)29-20(25-14)10-11-23-21(22-3)24-13-17(26(4)5)16-8-9-18(27-6)19(12-16)28-7;/h8-9,12,17H,10-11,13H2,1-7H3,(H2,22,23,24);1H. The lowest BCUT2D eigenvalue weighted by atomic mass is 10.1. The minimum atomic E-state index is 0. The molecule has 168 valence electrons. The zero-order chi connectivity index (χ0) is 21.4. The molecular weight excluding hydrogens is 513 g/mol. The van der Waals surface area contributed by atoms with Gasteiger partial charge in [0.2, 0.25) is 0 Å². The molecule has 1 atom stereocenters. The van der Waals surface area contributed by atoms with Crippen LogP contribution in [0.1, 0.15) is 27.2 Å². The number of nitrogens with one attached hydrogen (secondary N) is 2. The molecule has 0 saturated carbocycles. The highest BCUT2D eigenvalue weighted by Crippen LogP contribution is 2.31. The van der Waals surface area contributed by atoms with Crippen LogP contribution in [0.25, 0.3) is 0 Å². The number of guanidine groups is 1. The molecule has 7 nitrogen and oxygen atoms in total. The fourth-order valence-corrected chi connectivity index (χ4v) is 3.94. The van der Waals surface area contributed by atoms with Gasteiger partial charge in [0.05, 0.1) is 31.0 Å². The number of likely N-dealkylation sites (N-methyl/N-ethyl adjacent to an activating group) is 1. The highest BCUT2D eigenvalue weighted by molar-refractivity contribution is 14.0. The van der Waals surface area contributed by atoms with Gasteiger partial charge in [-0.1, -0.05) is 6.07 Å². The molecular formula is C21H34IN5O2S. The first-order valence-electron chi connectivity index (χ1n) is 9.65. The summed E-state index contributed by atoms with van der Waals surface area (Å²) in [6.45, 7) is 5.66. The summed E-state index contributed by atoms with van der Waals surface area (Å²) in [5.41, 5.74) is 2.26. The Balaban J connectivity index is 0.00000450. The van der Waals surface area contributed by atoms with Crippen LogP contribution in [-0.2, 0) is 6.42 Å². The zero-order valence-electron chi connectivity index (χ0n) is 18.9. The lowest BCUT2D eigenvalue weighted by Crippen LogP contribution is -2.42. The average Bonchev–Trinajstić information content (AvgIpc) is 3.03. The Labute approximate surface area is 201 Å². The number of nitrogens with zero attached hydrogens (tertiary/aromatic N) is 3. The second-order valence-corrected chi connectivity index (χ2v) is 8.26. The molecule has 2 N–H and O–H groups in total. The first-order chi connectivity index (χ1) is 13.9. The van der Waals surface area contributed by atoms with E-state index in [9.17, 15) is 0 Å². The summed E-state index contributed by atoms with van der Waals surface area (Å²) >= 11 is 1.76. The maximum Gasteiger partial charge on any atom is 0.191 e. The van der Waals surface area contributed by atoms with Crippen molar-refractivity contribution in [3.63, 3.8) is 0 Å². The normalized spacial score (nSPS) is 12.3. The number of methoxy groups -OCH3 is 2. The first kappa shape index (κ1) is 26.4. The largest absolute Gasteiger partial charge is 0.493 e. The Morgan fingerprint density at radius 1 is 1.17 bits per heavy atom. The Morgan fingerprint density at radius 2 is 1.87 bits per heavy atom. The summed E-state index contributed by atoms with van der Waals surface area (Å²) in [5.74, 6) is 2.24. The fourth-order valence-electron chi connectivity index (χ4n) is 3.01. The van der Waals surface area contributed by atoms with Gasteiger partial charge in [-0.25, -0.2) is 4.98 Å². The van der Waals surface area contributed by atoms with Crippen LogP contribution in [-0.4, -0.2) is 64.3 Å². The van der Waals surface area contributed by atoms with E-state index < -0.39 is 0 Å². The molecule has 0 aliphatic carbocycles. The molecule has 2 aromatic rings. The molecule has 0 bridgehead atoms. The Hall–Kier alpha value is -1.59. The van der Waals surface area contributed by atoms with Crippen molar-refractivity contribution in [3.8, 4) is 11.5 Å². The Kier molecular flexibility index (Phi) is 11.4. The van der Waals surface area contributed by atoms with E-state index >= 15 is 0 Å². The second-order valence-electron chi connectivity index (χ2n) is 6.97. The molecule has 0 radical (unpaired) electrons. The predicted octanol–water partition coefficient (Wildman–Crippen LogP) is 3.41. The van der Waals surface area contributed by atoms with Crippen LogP contribution in [0.5, 0.6) is 11.5 Å². The van der Waals surface area contributed by atoms with Crippen LogP contribution in [0, 0.1) is 13.8 Å². The summed E-state index contributed by atoms with van der Waals surface area (Å²) in [4.78, 5) is 12.4. The van der Waals surface area contributed by atoms with Gasteiger partial charge in [-0.15, -0.1) is 35.3 Å². The zero-order valence-corrected chi connectivity index (χ0v) is 22.1. The summed E-state index contributed by atoms with van der Waals surface area (Å²) in [7, 11) is 9.21. The number of hydrogen-bond donors (Lipinski definition) is 2. The summed E-state index contributed by atoms with van der Waals surface area (Å²) in [6.07, 6.45) is 0.882. The van der Waals surface area contributed by atoms with Crippen molar-refractivity contribution < 1.29 is 9.47 Å². The molecule has 0 spiro atoms. The quantitative estimate of drug-likeness (QED) is 0.285. The molecule has 1 unspecified atom stereocenters. The van der Waals surface area contributed by atoms with Crippen molar-refractivity contribution in [2.75, 3.05) is 48.5 Å². The van der Waals surface area contributed by atoms with Crippen molar-refractivity contribution in [2.45, 2.75) is 26.3 Å². The molecule has 1 aromatic carbocycles. The molecule has 1 aromatic heterocycles. The maximum absolute atomic E-state index is 5.45. The van der Waals surface area contributed by atoms with E-state index in [0.29, 0.717) is 6.54 Å². The van der Waals surface area contributed by atoms with Gasteiger partial charge in [0.15, 0.2) is 17.5 Å². The van der Waals surface area contributed by atoms with E-state index in [1.807, 2.05) is 12.1 Å². The molecule has 2 rings (SSSR count). The fraction of sp³-hybridized carbons (Fsp3) is 0.524. The number of aryl methyl sites for hydroxylation is 2. The second kappa shape index (κ2) is 13.0. The molecule has 0 fully saturated rings. The number of aliphatic imine (C=N–C) groups is 1. The molecule has 1 heterocycles. The lowest BCUT2D eigenvalue weighted by molar-refractivity contribution is 0.295. The van der Waals surface area contributed by atoms with Crippen LogP contribution in [0.15, 0.2) is 23.2 Å². The number of halogens is 1. The third-order valence-corrected chi connectivity index (χ3v) is 5.94. The maximum atomic E-state index is 5.45. The van der Waals surface area contributed by atoms with Gasteiger partial charge in [-0.3, -0.25) is 4.99 Å².